The van der Waals surface area contributed by atoms with Gasteiger partial charge in [-0.05, 0) is 11.6 Å². The lowest BCUT2D eigenvalue weighted by molar-refractivity contribution is 0.0854. The summed E-state index contributed by atoms with van der Waals surface area (Å²) in [7, 11) is -1.41. The Hall–Kier alpha value is -1.53. The third kappa shape index (κ3) is 2.17. The van der Waals surface area contributed by atoms with E-state index in [0.717, 1.165) is 11.1 Å². The van der Waals surface area contributed by atoms with Gasteiger partial charge in [-0.25, -0.2) is 0 Å². The van der Waals surface area contributed by atoms with Crippen LogP contribution in [0.4, 0.5) is 0 Å². The largest absolute Gasteiger partial charge is 0.268 e. The molecule has 1 aromatic rings. The van der Waals surface area contributed by atoms with Crippen molar-refractivity contribution >= 4 is 14.0 Å². The highest BCUT2D eigenvalue weighted by molar-refractivity contribution is 6.83. The van der Waals surface area contributed by atoms with Crippen molar-refractivity contribution < 1.29 is 4.79 Å². The lowest BCUT2D eigenvalue weighted by Gasteiger charge is -2.08. The summed E-state index contributed by atoms with van der Waals surface area (Å²) in [6.07, 6.45) is 0. The molecule has 0 N–H and O–H groups in total. The molecule has 0 fully saturated rings. The minimum atomic E-state index is -1.41. The zero-order valence-corrected chi connectivity index (χ0v) is 10.9. The zero-order valence-electron chi connectivity index (χ0n) is 9.87. The maximum Gasteiger partial charge on any atom is 0.265 e. The van der Waals surface area contributed by atoms with Crippen LogP contribution in [-0.2, 0) is 6.54 Å². The van der Waals surface area contributed by atoms with Gasteiger partial charge in [0.2, 0.25) is 0 Å². The summed E-state index contributed by atoms with van der Waals surface area (Å²) in [6.45, 7) is 7.15. The number of rotatable bonds is 0. The molecule has 1 heterocycles. The van der Waals surface area contributed by atoms with Crippen LogP contribution in [0.1, 0.15) is 15.9 Å². The molecule has 0 saturated heterocycles. The number of carbonyl (C=O) groups is 1. The van der Waals surface area contributed by atoms with Crippen LogP contribution in [0.15, 0.2) is 24.3 Å². The van der Waals surface area contributed by atoms with Crippen LogP contribution in [0.3, 0.4) is 0 Å². The Morgan fingerprint density at radius 3 is 2.56 bits per heavy atom. The van der Waals surface area contributed by atoms with Gasteiger partial charge in [0.25, 0.3) is 5.91 Å². The molecule has 0 spiro atoms. The molecule has 0 saturated carbocycles. The number of amides is 1. The fourth-order valence-electron chi connectivity index (χ4n) is 1.58. The van der Waals surface area contributed by atoms with Gasteiger partial charge >= 0.3 is 0 Å². The standard InChI is InChI=1S/C13H15NOSi/c1-16(2,3)9-8-14-10-11-6-4-5-7-12(11)13(14)15/h4-7H,10H2,1-3H3. The molecule has 0 unspecified atom stereocenters. The first-order valence-corrected chi connectivity index (χ1v) is 8.90. The molecule has 1 aliphatic heterocycles. The van der Waals surface area contributed by atoms with Gasteiger partial charge in [0.1, 0.15) is 8.07 Å². The van der Waals surface area contributed by atoms with Gasteiger partial charge in [0.05, 0.1) is 6.54 Å². The van der Waals surface area contributed by atoms with Crippen molar-refractivity contribution in [1.29, 1.82) is 0 Å². The summed E-state index contributed by atoms with van der Waals surface area (Å²) in [5.74, 6) is 0.0429. The van der Waals surface area contributed by atoms with Crippen molar-refractivity contribution in [2.75, 3.05) is 0 Å². The van der Waals surface area contributed by atoms with Gasteiger partial charge in [-0.2, -0.15) is 0 Å². The van der Waals surface area contributed by atoms with E-state index in [4.69, 9.17) is 0 Å². The molecule has 2 rings (SSSR count). The van der Waals surface area contributed by atoms with E-state index in [1.807, 2.05) is 24.3 Å². The van der Waals surface area contributed by atoms with E-state index in [1.165, 1.54) is 0 Å². The summed E-state index contributed by atoms with van der Waals surface area (Å²) in [4.78, 5) is 13.6. The first-order valence-electron chi connectivity index (χ1n) is 5.40. The molecule has 0 radical (unpaired) electrons. The molecule has 1 amide bonds. The molecule has 0 aromatic heterocycles. The average Bonchev–Trinajstić information content (AvgIpc) is 2.53. The second-order valence-corrected chi connectivity index (χ2v) is 9.79. The summed E-state index contributed by atoms with van der Waals surface area (Å²) >= 11 is 0. The van der Waals surface area contributed by atoms with Gasteiger partial charge in [-0.3, -0.25) is 9.69 Å². The lowest BCUT2D eigenvalue weighted by atomic mass is 10.1. The fourth-order valence-corrected chi connectivity index (χ4v) is 2.05. The molecule has 0 bridgehead atoms. The van der Waals surface area contributed by atoms with Gasteiger partial charge in [-0.1, -0.05) is 37.8 Å². The molecule has 3 heteroatoms. The number of benzene rings is 1. The molecular formula is C13H15NOSi. The van der Waals surface area contributed by atoms with Crippen molar-refractivity contribution in [2.24, 2.45) is 0 Å². The van der Waals surface area contributed by atoms with Crippen LogP contribution in [0.5, 0.6) is 0 Å². The van der Waals surface area contributed by atoms with E-state index >= 15 is 0 Å². The topological polar surface area (TPSA) is 20.3 Å². The maximum absolute atomic E-state index is 12.0. The van der Waals surface area contributed by atoms with Crippen LogP contribution in [0.2, 0.25) is 19.6 Å². The highest BCUT2D eigenvalue weighted by Crippen LogP contribution is 2.21. The van der Waals surface area contributed by atoms with E-state index in [-0.39, 0.29) is 5.91 Å². The number of fused-ring (bicyclic) bond motifs is 1. The van der Waals surface area contributed by atoms with Crippen molar-refractivity contribution in [2.45, 2.75) is 26.2 Å². The second-order valence-electron chi connectivity index (χ2n) is 5.04. The monoisotopic (exact) mass is 229 g/mol. The molecule has 82 valence electrons. The van der Waals surface area contributed by atoms with E-state index < -0.39 is 8.07 Å². The SMILES string of the molecule is C[Si](C)(C)C#CN1Cc2ccccc2C1=O. The average molecular weight is 229 g/mol. The summed E-state index contributed by atoms with van der Waals surface area (Å²) < 4.78 is 0. The Balaban J connectivity index is 2.25. The highest BCUT2D eigenvalue weighted by Gasteiger charge is 2.25. The summed E-state index contributed by atoms with van der Waals surface area (Å²) in [6, 6.07) is 10.7. The van der Waals surface area contributed by atoms with Crippen LogP contribution >= 0.6 is 0 Å². The normalized spacial score (nSPS) is 14.4. The minimum absolute atomic E-state index is 0.0429. The quantitative estimate of drug-likeness (QED) is 0.494. The smallest absolute Gasteiger partial charge is 0.265 e. The predicted molar refractivity (Wildman–Crippen MR) is 67.4 cm³/mol. The molecular weight excluding hydrogens is 214 g/mol. The Morgan fingerprint density at radius 1 is 1.25 bits per heavy atom. The van der Waals surface area contributed by atoms with E-state index in [1.54, 1.807) is 4.90 Å². The molecule has 0 atom stereocenters. The van der Waals surface area contributed by atoms with Crippen molar-refractivity contribution in [3.63, 3.8) is 0 Å². The highest BCUT2D eigenvalue weighted by atomic mass is 28.3. The Labute approximate surface area is 97.3 Å². The fraction of sp³-hybridized carbons (Fsp3) is 0.308. The third-order valence-electron chi connectivity index (χ3n) is 2.39. The molecule has 1 aromatic carbocycles. The molecule has 0 aliphatic carbocycles. The van der Waals surface area contributed by atoms with Crippen LogP contribution in [-0.4, -0.2) is 18.9 Å². The van der Waals surface area contributed by atoms with Gasteiger partial charge in [0.15, 0.2) is 0 Å². The maximum atomic E-state index is 12.0. The molecule has 2 nitrogen and oxygen atoms in total. The van der Waals surface area contributed by atoms with E-state index in [2.05, 4.69) is 31.2 Å². The number of nitrogens with zero attached hydrogens (tertiary/aromatic N) is 1. The van der Waals surface area contributed by atoms with Gasteiger partial charge in [-0.15, -0.1) is 5.54 Å². The van der Waals surface area contributed by atoms with Crippen molar-refractivity contribution in [3.05, 3.63) is 35.4 Å². The Bertz CT molecular complexity index is 491. The first-order chi connectivity index (χ1) is 7.47. The van der Waals surface area contributed by atoms with Crippen molar-refractivity contribution in [3.8, 4) is 11.6 Å². The number of hydrogen-bond acceptors (Lipinski definition) is 1. The lowest BCUT2D eigenvalue weighted by Crippen LogP contribution is -2.22. The number of carbonyl (C=O) groups excluding carboxylic acids is 1. The van der Waals surface area contributed by atoms with E-state index in [0.29, 0.717) is 6.54 Å². The second kappa shape index (κ2) is 3.80. The van der Waals surface area contributed by atoms with Gasteiger partial charge in [0, 0.05) is 11.6 Å². The predicted octanol–water partition coefficient (Wildman–Crippen LogP) is 2.48. The number of hydrogen-bond donors (Lipinski definition) is 0. The van der Waals surface area contributed by atoms with Crippen LogP contribution < -0.4 is 0 Å². The Kier molecular flexibility index (Phi) is 2.61. The summed E-state index contributed by atoms with van der Waals surface area (Å²) in [5.41, 5.74) is 5.10. The first kappa shape index (κ1) is 11.0. The minimum Gasteiger partial charge on any atom is -0.268 e. The molecule has 16 heavy (non-hydrogen) atoms. The Morgan fingerprint density at radius 2 is 1.94 bits per heavy atom. The third-order valence-corrected chi connectivity index (χ3v) is 3.25. The zero-order chi connectivity index (χ0) is 11.8. The van der Waals surface area contributed by atoms with Gasteiger partial charge < -0.3 is 0 Å². The molecule has 1 aliphatic rings. The van der Waals surface area contributed by atoms with Crippen LogP contribution in [0.25, 0.3) is 0 Å². The van der Waals surface area contributed by atoms with Crippen LogP contribution in [0, 0.1) is 11.6 Å². The van der Waals surface area contributed by atoms with E-state index in [9.17, 15) is 4.79 Å². The van der Waals surface area contributed by atoms with Crippen molar-refractivity contribution in [1.82, 2.24) is 4.90 Å². The summed E-state index contributed by atoms with van der Waals surface area (Å²) in [5, 5.41) is 0.